The second-order valence-corrected chi connectivity index (χ2v) is 6.58. The average molecular weight is 416 g/mol. The Morgan fingerprint density at radius 1 is 1.38 bits per heavy atom. The van der Waals surface area contributed by atoms with Crippen LogP contribution in [-0.4, -0.2) is 11.1 Å². The Balaban J connectivity index is 2.25. The van der Waals surface area contributed by atoms with Crippen molar-refractivity contribution < 1.29 is 9.32 Å². The third kappa shape index (κ3) is 3.55. The molecule has 1 aromatic heterocycles. The van der Waals surface area contributed by atoms with Gasteiger partial charge in [-0.1, -0.05) is 28.0 Å². The summed E-state index contributed by atoms with van der Waals surface area (Å²) in [5.41, 5.74) is 2.39. The third-order valence-corrected chi connectivity index (χ3v) is 4.50. The molecule has 2 rings (SSSR count). The number of rotatable bonds is 4. The molecular weight excluding hydrogens is 400 g/mol. The van der Waals surface area contributed by atoms with Crippen LogP contribution in [0.3, 0.4) is 0 Å². The van der Waals surface area contributed by atoms with Crippen molar-refractivity contribution in [2.45, 2.75) is 33.1 Å². The van der Waals surface area contributed by atoms with Crippen LogP contribution in [0.1, 0.15) is 36.3 Å². The van der Waals surface area contributed by atoms with Gasteiger partial charge in [0.2, 0.25) is 5.91 Å². The molecule has 6 heteroatoms. The van der Waals surface area contributed by atoms with Gasteiger partial charge in [0.05, 0.1) is 17.3 Å². The molecule has 4 nitrogen and oxygen atoms in total. The van der Waals surface area contributed by atoms with E-state index in [2.05, 4.69) is 42.3 Å². The summed E-state index contributed by atoms with van der Waals surface area (Å²) in [6.07, 6.45) is 0.683. The van der Waals surface area contributed by atoms with E-state index in [1.807, 2.05) is 39.0 Å². The first-order valence-corrected chi connectivity index (χ1v) is 8.21. The second-order valence-electron chi connectivity index (χ2n) is 4.81. The van der Waals surface area contributed by atoms with Crippen LogP contribution >= 0.6 is 31.9 Å². The van der Waals surface area contributed by atoms with Gasteiger partial charge in [-0.3, -0.25) is 4.79 Å². The molecule has 0 radical (unpaired) electrons. The van der Waals surface area contributed by atoms with Crippen molar-refractivity contribution in [1.82, 2.24) is 5.16 Å². The lowest BCUT2D eigenvalue weighted by atomic mass is 9.94. The van der Waals surface area contributed by atoms with Crippen LogP contribution in [0.4, 0.5) is 5.69 Å². The zero-order chi connectivity index (χ0) is 15.6. The van der Waals surface area contributed by atoms with E-state index in [0.29, 0.717) is 12.2 Å². The number of nitrogens with zero attached hydrogens (tertiary/aromatic N) is 1. The quantitative estimate of drug-likeness (QED) is 0.768. The predicted octanol–water partition coefficient (Wildman–Crippen LogP) is 4.95. The molecule has 21 heavy (non-hydrogen) atoms. The number of carbonyl (C=O) groups is 1. The van der Waals surface area contributed by atoms with Crippen LogP contribution in [0.2, 0.25) is 0 Å². The topological polar surface area (TPSA) is 55.1 Å². The number of anilines is 1. The zero-order valence-corrected chi connectivity index (χ0v) is 15.2. The summed E-state index contributed by atoms with van der Waals surface area (Å²) >= 11 is 6.84. The van der Waals surface area contributed by atoms with Gasteiger partial charge in [-0.2, -0.15) is 0 Å². The van der Waals surface area contributed by atoms with E-state index in [0.717, 1.165) is 25.9 Å². The van der Waals surface area contributed by atoms with Gasteiger partial charge in [0.25, 0.3) is 0 Å². The number of carbonyl (C=O) groups excluding carboxylic acids is 1. The average Bonchev–Trinajstić information content (AvgIpc) is 2.75. The molecule has 0 saturated carbocycles. The molecule has 2 aromatic rings. The van der Waals surface area contributed by atoms with Crippen molar-refractivity contribution in [3.63, 3.8) is 0 Å². The maximum absolute atomic E-state index is 12.6. The van der Waals surface area contributed by atoms with E-state index in [1.165, 1.54) is 0 Å². The maximum atomic E-state index is 12.6. The van der Waals surface area contributed by atoms with Gasteiger partial charge in [0, 0.05) is 14.5 Å². The van der Waals surface area contributed by atoms with Gasteiger partial charge in [-0.25, -0.2) is 0 Å². The third-order valence-electron chi connectivity index (χ3n) is 3.35. The van der Waals surface area contributed by atoms with E-state index >= 15 is 0 Å². The summed E-state index contributed by atoms with van der Waals surface area (Å²) in [6, 6.07) is 5.63. The Morgan fingerprint density at radius 2 is 2.10 bits per heavy atom. The largest absolute Gasteiger partial charge is 0.361 e. The minimum absolute atomic E-state index is 0.0603. The molecule has 112 valence electrons. The number of hydrogen-bond donors (Lipinski definition) is 1. The lowest BCUT2D eigenvalue weighted by Crippen LogP contribution is -2.21. The van der Waals surface area contributed by atoms with Crippen LogP contribution < -0.4 is 5.32 Å². The van der Waals surface area contributed by atoms with E-state index in [-0.39, 0.29) is 11.8 Å². The summed E-state index contributed by atoms with van der Waals surface area (Å²) in [7, 11) is 0. The van der Waals surface area contributed by atoms with E-state index in [1.54, 1.807) is 0 Å². The Hall–Kier alpha value is -1.14. The minimum atomic E-state index is -0.271. The lowest BCUT2D eigenvalue weighted by molar-refractivity contribution is -0.117. The molecule has 0 spiro atoms. The molecule has 1 aromatic carbocycles. The van der Waals surface area contributed by atoms with E-state index < -0.39 is 0 Å². The van der Waals surface area contributed by atoms with Crippen LogP contribution in [0.5, 0.6) is 0 Å². The number of amides is 1. The van der Waals surface area contributed by atoms with Gasteiger partial charge in [0.1, 0.15) is 5.76 Å². The summed E-state index contributed by atoms with van der Waals surface area (Å²) < 4.78 is 6.95. The summed E-state index contributed by atoms with van der Waals surface area (Å²) in [4.78, 5) is 12.6. The van der Waals surface area contributed by atoms with Crippen molar-refractivity contribution in [2.24, 2.45) is 0 Å². The van der Waals surface area contributed by atoms with Crippen LogP contribution in [0, 0.1) is 13.8 Å². The first-order valence-electron chi connectivity index (χ1n) is 6.62. The monoisotopic (exact) mass is 414 g/mol. The van der Waals surface area contributed by atoms with Gasteiger partial charge in [0.15, 0.2) is 0 Å². The Morgan fingerprint density at radius 3 is 2.62 bits per heavy atom. The number of benzene rings is 1. The fourth-order valence-electron chi connectivity index (χ4n) is 2.32. The highest BCUT2D eigenvalue weighted by atomic mass is 79.9. The van der Waals surface area contributed by atoms with Crippen molar-refractivity contribution in [1.29, 1.82) is 0 Å². The van der Waals surface area contributed by atoms with Gasteiger partial charge in [-0.05, 0) is 54.4 Å². The highest BCUT2D eigenvalue weighted by Crippen LogP contribution is 2.30. The molecule has 1 heterocycles. The highest BCUT2D eigenvalue weighted by molar-refractivity contribution is 9.11. The molecule has 0 bridgehead atoms. The number of halogens is 2. The SMILES string of the molecule is CCC(C(=O)Nc1ccc(Br)cc1Br)c1c(C)noc1C. The molecular formula is C15H16Br2N2O2. The fourth-order valence-corrected chi connectivity index (χ4v) is 3.47. The maximum Gasteiger partial charge on any atom is 0.232 e. The standard InChI is InChI=1S/C15H16Br2N2O2/c1-4-11(14-8(2)19-21-9(14)3)15(20)18-13-6-5-10(16)7-12(13)17/h5-7,11H,4H2,1-3H3,(H,18,20). The number of nitrogens with one attached hydrogen (secondary N) is 1. The van der Waals surface area contributed by atoms with Gasteiger partial charge < -0.3 is 9.84 Å². The second kappa shape index (κ2) is 6.75. The van der Waals surface area contributed by atoms with E-state index in [9.17, 15) is 4.79 Å². The minimum Gasteiger partial charge on any atom is -0.361 e. The lowest BCUT2D eigenvalue weighted by Gasteiger charge is -2.16. The summed E-state index contributed by atoms with van der Waals surface area (Å²) in [5.74, 6) is 0.367. The molecule has 0 aliphatic heterocycles. The summed E-state index contributed by atoms with van der Waals surface area (Å²) in [5, 5.41) is 6.89. The van der Waals surface area contributed by atoms with E-state index in [4.69, 9.17) is 4.52 Å². The molecule has 1 atom stereocenters. The van der Waals surface area contributed by atoms with Crippen molar-refractivity contribution in [3.8, 4) is 0 Å². The smallest absolute Gasteiger partial charge is 0.232 e. The molecule has 0 saturated heterocycles. The van der Waals surface area contributed by atoms with Crippen LogP contribution in [0.25, 0.3) is 0 Å². The molecule has 0 fully saturated rings. The van der Waals surface area contributed by atoms with Crippen LogP contribution in [-0.2, 0) is 4.79 Å². The zero-order valence-electron chi connectivity index (χ0n) is 12.0. The molecule has 1 N–H and O–H groups in total. The Bertz CT molecular complexity index is 648. The van der Waals surface area contributed by atoms with Crippen LogP contribution in [0.15, 0.2) is 31.7 Å². The molecule has 0 aliphatic carbocycles. The highest BCUT2D eigenvalue weighted by Gasteiger charge is 2.26. The first-order chi connectivity index (χ1) is 9.93. The molecule has 0 aliphatic rings. The molecule has 1 amide bonds. The Kier molecular flexibility index (Phi) is 5.22. The number of aromatic nitrogens is 1. The number of aryl methyl sites for hydroxylation is 2. The molecule has 1 unspecified atom stereocenters. The van der Waals surface area contributed by atoms with Crippen molar-refractivity contribution in [3.05, 3.63) is 44.2 Å². The number of hydrogen-bond acceptors (Lipinski definition) is 3. The fraction of sp³-hybridized carbons (Fsp3) is 0.333. The normalized spacial score (nSPS) is 12.2. The summed E-state index contributed by atoms with van der Waals surface area (Å²) in [6.45, 7) is 5.67. The van der Waals surface area contributed by atoms with Gasteiger partial charge in [-0.15, -0.1) is 0 Å². The predicted molar refractivity (Wildman–Crippen MR) is 89.5 cm³/mol. The van der Waals surface area contributed by atoms with Crippen molar-refractivity contribution >= 4 is 43.5 Å². The van der Waals surface area contributed by atoms with Crippen molar-refractivity contribution in [2.75, 3.05) is 5.32 Å². The van der Waals surface area contributed by atoms with Gasteiger partial charge >= 0.3 is 0 Å². The first kappa shape index (κ1) is 16.2. The Labute approximate surface area is 140 Å².